The first-order chi connectivity index (χ1) is 25.2. The number of hydrogen-bond acceptors (Lipinski definition) is 8. The molecular weight excluding hydrogens is 682 g/mol. The molecule has 0 saturated carbocycles. The number of rotatable bonds is 17. The highest BCUT2D eigenvalue weighted by atomic mass is 35.5. The second kappa shape index (κ2) is 21.2. The molecule has 0 radical (unpaired) electrons. The van der Waals surface area contributed by atoms with Crippen molar-refractivity contribution >= 4 is 34.8 Å². The fourth-order valence-corrected chi connectivity index (χ4v) is 5.88. The highest BCUT2D eigenvalue weighted by molar-refractivity contribution is 6.18. The third kappa shape index (κ3) is 12.4. The Morgan fingerprint density at radius 3 is 1.71 bits per heavy atom. The smallest absolute Gasteiger partial charge is 0.224 e. The summed E-state index contributed by atoms with van der Waals surface area (Å²) in [5, 5.41) is 15.6. The van der Waals surface area contributed by atoms with Crippen LogP contribution in [-0.4, -0.2) is 85.8 Å². The van der Waals surface area contributed by atoms with Gasteiger partial charge in [0.1, 0.15) is 24.7 Å². The summed E-state index contributed by atoms with van der Waals surface area (Å²) < 4.78 is 15.7. The lowest BCUT2D eigenvalue weighted by Gasteiger charge is -2.29. The largest absolute Gasteiger partial charge is 0.492 e. The monoisotopic (exact) mass is 735 g/mol. The van der Waals surface area contributed by atoms with Gasteiger partial charge in [0.05, 0.1) is 48.4 Å². The van der Waals surface area contributed by atoms with Crippen LogP contribution in [0, 0.1) is 0 Å². The molecule has 1 aliphatic rings. The molecule has 3 N–H and O–H groups in total. The Labute approximate surface area is 312 Å². The Morgan fingerprint density at radius 1 is 0.808 bits per heavy atom. The summed E-state index contributed by atoms with van der Waals surface area (Å²) in [5.41, 5.74) is 5.15. The average Bonchev–Trinajstić information content (AvgIpc) is 3.78. The van der Waals surface area contributed by atoms with Gasteiger partial charge in [-0.05, 0) is 62.1 Å². The number of alkyl halides is 1. The van der Waals surface area contributed by atoms with Crippen molar-refractivity contribution in [2.45, 2.75) is 71.3 Å². The molecule has 282 valence electrons. The van der Waals surface area contributed by atoms with Gasteiger partial charge in [0, 0.05) is 69.1 Å². The van der Waals surface area contributed by atoms with E-state index in [1.807, 2.05) is 59.6 Å². The maximum atomic E-state index is 12.1. The molecule has 13 heteroatoms. The van der Waals surface area contributed by atoms with Crippen LogP contribution in [0.15, 0.2) is 61.4 Å². The third-order valence-corrected chi connectivity index (χ3v) is 8.94. The van der Waals surface area contributed by atoms with E-state index in [1.165, 1.54) is 0 Å². The summed E-state index contributed by atoms with van der Waals surface area (Å²) in [6, 6.07) is 11.4. The van der Waals surface area contributed by atoms with E-state index in [2.05, 4.69) is 39.3 Å². The van der Waals surface area contributed by atoms with Crippen LogP contribution in [-0.2, 0) is 23.7 Å². The molecule has 4 aromatic rings. The molecule has 0 aliphatic carbocycles. The van der Waals surface area contributed by atoms with Gasteiger partial charge < -0.3 is 34.3 Å². The van der Waals surface area contributed by atoms with Gasteiger partial charge in [0.2, 0.25) is 11.8 Å². The molecule has 2 amide bonds. The minimum atomic E-state index is -0.163. The van der Waals surface area contributed by atoms with Gasteiger partial charge in [-0.2, -0.15) is 0 Å². The number of benzene rings is 2. The van der Waals surface area contributed by atoms with Crippen molar-refractivity contribution in [2.24, 2.45) is 14.1 Å². The number of ether oxygens (including phenoxy) is 2. The van der Waals surface area contributed by atoms with Gasteiger partial charge in [-0.1, -0.05) is 26.7 Å². The number of likely N-dealkylation sites (tertiary alicyclic amines) is 1. The SMILES string of the molecule is CCCCC(=O)Nc1ccc(OCCCl)c(-c2cncn2C)c1.CCCCC(=O)Nc1ccc(OCCN2CCC(O)CC2)c(-c2cncn2C)c1. The number of carbonyl (C=O) groups is 2. The fraction of sp³-hybridized carbons (Fsp3) is 0.487. The van der Waals surface area contributed by atoms with Gasteiger partial charge >= 0.3 is 0 Å². The van der Waals surface area contributed by atoms with E-state index in [0.717, 1.165) is 104 Å². The zero-order valence-electron chi connectivity index (χ0n) is 30.9. The lowest BCUT2D eigenvalue weighted by atomic mass is 10.1. The van der Waals surface area contributed by atoms with Crippen molar-refractivity contribution in [1.29, 1.82) is 0 Å². The molecule has 0 atom stereocenters. The number of piperidine rings is 1. The number of hydrogen-bond donors (Lipinski definition) is 3. The van der Waals surface area contributed by atoms with Gasteiger partial charge in [-0.25, -0.2) is 9.97 Å². The van der Waals surface area contributed by atoms with Crippen molar-refractivity contribution in [3.63, 3.8) is 0 Å². The van der Waals surface area contributed by atoms with E-state index >= 15 is 0 Å². The highest BCUT2D eigenvalue weighted by Crippen LogP contribution is 2.34. The number of halogens is 1. The average molecular weight is 736 g/mol. The molecule has 1 aliphatic heterocycles. The molecule has 52 heavy (non-hydrogen) atoms. The molecule has 2 aromatic carbocycles. The standard InChI is InChI=1S/C22H32N4O3.C17H22ClN3O2/c1-3-4-5-22(28)24-17-6-7-21(19(14-17)20-15-23-16-25(20)2)29-13-12-26-10-8-18(27)9-11-26;1-3-4-5-17(22)20-13-6-7-16(23-9-8-18)14(10-13)15-11-19-12-21(15)2/h6-7,14-16,18,27H,3-5,8-13H2,1-2H3,(H,24,28);6-7,10-12H,3-5,8-9H2,1-2H3,(H,20,22). The number of aliphatic hydroxyl groups excluding tert-OH is 1. The van der Waals surface area contributed by atoms with Crippen LogP contribution in [0.2, 0.25) is 0 Å². The van der Waals surface area contributed by atoms with Gasteiger partial charge in [0.15, 0.2) is 0 Å². The quantitative estimate of drug-likeness (QED) is 0.0999. The number of amides is 2. The molecule has 0 bridgehead atoms. The molecule has 5 rings (SSSR count). The maximum Gasteiger partial charge on any atom is 0.224 e. The Kier molecular flexibility index (Phi) is 16.5. The van der Waals surface area contributed by atoms with Crippen LogP contribution in [0.1, 0.15) is 65.2 Å². The minimum absolute atomic E-state index is 0.0252. The zero-order valence-corrected chi connectivity index (χ0v) is 31.7. The normalized spacial score (nSPS) is 13.3. The lowest BCUT2D eigenvalue weighted by molar-refractivity contribution is -0.117. The number of nitrogens with one attached hydrogen (secondary N) is 2. The molecular formula is C39H54ClN7O5. The van der Waals surface area contributed by atoms with E-state index in [9.17, 15) is 14.7 Å². The Hall–Kier alpha value is -4.39. The number of aliphatic hydroxyl groups is 1. The summed E-state index contributed by atoms with van der Waals surface area (Å²) in [6.07, 6.45) is 13.4. The van der Waals surface area contributed by atoms with Crippen LogP contribution in [0.25, 0.3) is 22.5 Å². The predicted octanol–water partition coefficient (Wildman–Crippen LogP) is 6.88. The van der Waals surface area contributed by atoms with Gasteiger partial charge in [0.25, 0.3) is 0 Å². The molecule has 3 heterocycles. The van der Waals surface area contributed by atoms with Crippen LogP contribution < -0.4 is 20.1 Å². The number of anilines is 2. The van der Waals surface area contributed by atoms with Crippen LogP contribution in [0.5, 0.6) is 11.5 Å². The zero-order chi connectivity index (χ0) is 37.3. The highest BCUT2D eigenvalue weighted by Gasteiger charge is 2.18. The van der Waals surface area contributed by atoms with Crippen LogP contribution in [0.3, 0.4) is 0 Å². The molecule has 1 saturated heterocycles. The molecule has 2 aromatic heterocycles. The van der Waals surface area contributed by atoms with Crippen LogP contribution >= 0.6 is 11.6 Å². The van der Waals surface area contributed by atoms with Crippen molar-refractivity contribution < 1.29 is 24.2 Å². The first-order valence-electron chi connectivity index (χ1n) is 18.3. The van der Waals surface area contributed by atoms with Crippen molar-refractivity contribution in [3.8, 4) is 34.0 Å². The fourth-order valence-electron chi connectivity index (χ4n) is 5.80. The van der Waals surface area contributed by atoms with E-state index < -0.39 is 0 Å². The van der Waals surface area contributed by atoms with Gasteiger partial charge in [-0.15, -0.1) is 11.6 Å². The first-order valence-corrected chi connectivity index (χ1v) is 18.8. The maximum absolute atomic E-state index is 12.1. The number of unbranched alkanes of at least 4 members (excludes halogenated alkanes) is 2. The first kappa shape index (κ1) is 40.4. The van der Waals surface area contributed by atoms with E-state index in [-0.39, 0.29) is 17.9 Å². The molecule has 12 nitrogen and oxygen atoms in total. The summed E-state index contributed by atoms with van der Waals surface area (Å²) in [4.78, 5) is 34.7. The molecule has 1 fully saturated rings. The van der Waals surface area contributed by atoms with Crippen molar-refractivity contribution in [1.82, 2.24) is 24.0 Å². The third-order valence-electron chi connectivity index (χ3n) is 8.78. The summed E-state index contributed by atoms with van der Waals surface area (Å²) in [6.45, 7) is 7.78. The summed E-state index contributed by atoms with van der Waals surface area (Å²) in [5.74, 6) is 1.97. The summed E-state index contributed by atoms with van der Waals surface area (Å²) in [7, 11) is 3.86. The Morgan fingerprint density at radius 2 is 1.29 bits per heavy atom. The molecule has 0 spiro atoms. The number of nitrogens with zero attached hydrogens (tertiary/aromatic N) is 5. The lowest BCUT2D eigenvalue weighted by Crippen LogP contribution is -2.38. The van der Waals surface area contributed by atoms with Crippen molar-refractivity contribution in [2.75, 3.05) is 49.4 Å². The number of aryl methyl sites for hydroxylation is 2. The second-order valence-electron chi connectivity index (χ2n) is 13.0. The summed E-state index contributed by atoms with van der Waals surface area (Å²) >= 11 is 5.71. The number of carbonyl (C=O) groups excluding carboxylic acids is 2. The van der Waals surface area contributed by atoms with Crippen LogP contribution in [0.4, 0.5) is 11.4 Å². The Balaban J connectivity index is 0.000000239. The topological polar surface area (TPSA) is 136 Å². The van der Waals surface area contributed by atoms with E-state index in [4.69, 9.17) is 21.1 Å². The number of aromatic nitrogens is 4. The number of imidazole rings is 2. The molecule has 0 unspecified atom stereocenters. The van der Waals surface area contributed by atoms with E-state index in [0.29, 0.717) is 31.9 Å². The van der Waals surface area contributed by atoms with Gasteiger partial charge in [-0.3, -0.25) is 14.5 Å². The van der Waals surface area contributed by atoms with E-state index in [1.54, 1.807) is 25.0 Å². The predicted molar refractivity (Wildman–Crippen MR) is 207 cm³/mol. The minimum Gasteiger partial charge on any atom is -0.492 e. The van der Waals surface area contributed by atoms with Crippen molar-refractivity contribution in [3.05, 3.63) is 61.4 Å². The second-order valence-corrected chi connectivity index (χ2v) is 13.3. The Bertz CT molecular complexity index is 1700.